The van der Waals surface area contributed by atoms with Gasteiger partial charge in [-0.2, -0.15) is 0 Å². The second kappa shape index (κ2) is 5.24. The van der Waals surface area contributed by atoms with Gasteiger partial charge in [-0.25, -0.2) is 0 Å². The van der Waals surface area contributed by atoms with Crippen LogP contribution in [0.3, 0.4) is 0 Å². The smallest absolute Gasteiger partial charge is 0.313 e. The summed E-state index contributed by atoms with van der Waals surface area (Å²) in [4.78, 5) is 27.6. The molecule has 0 aromatic carbocycles. The number of carbonyl (C=O) groups is 2. The van der Waals surface area contributed by atoms with Crippen molar-refractivity contribution in [3.63, 3.8) is 0 Å². The Kier molecular flexibility index (Phi) is 4.12. The van der Waals surface area contributed by atoms with Crippen molar-refractivity contribution < 1.29 is 14.3 Å². The molecule has 1 aliphatic heterocycles. The van der Waals surface area contributed by atoms with Crippen LogP contribution in [-0.4, -0.2) is 35.5 Å². The SMILES string of the molecule is CC(C)CN(CC(C)C)C(=O)[C@]12CC[C@@](C)(C(=O)O1)C2(C)C. The monoisotopic (exact) mass is 309 g/mol. The minimum Gasteiger partial charge on any atom is -0.448 e. The average molecular weight is 309 g/mol. The zero-order chi connectivity index (χ0) is 16.9. The van der Waals surface area contributed by atoms with Gasteiger partial charge in [0.15, 0.2) is 5.60 Å². The van der Waals surface area contributed by atoms with Gasteiger partial charge in [-0.05, 0) is 31.6 Å². The van der Waals surface area contributed by atoms with Crippen LogP contribution in [0.15, 0.2) is 0 Å². The van der Waals surface area contributed by atoms with Gasteiger partial charge in [0, 0.05) is 18.5 Å². The molecule has 1 heterocycles. The van der Waals surface area contributed by atoms with Crippen molar-refractivity contribution in [3.05, 3.63) is 0 Å². The largest absolute Gasteiger partial charge is 0.448 e. The zero-order valence-corrected chi connectivity index (χ0v) is 15.2. The van der Waals surface area contributed by atoms with E-state index in [4.69, 9.17) is 4.74 Å². The van der Waals surface area contributed by atoms with Crippen molar-refractivity contribution in [1.82, 2.24) is 4.90 Å². The van der Waals surface area contributed by atoms with Gasteiger partial charge in [0.05, 0.1) is 5.41 Å². The van der Waals surface area contributed by atoms with Gasteiger partial charge >= 0.3 is 5.97 Å². The molecule has 0 spiro atoms. The average Bonchev–Trinajstić information content (AvgIpc) is 2.66. The third-order valence-electron chi connectivity index (χ3n) is 5.89. The summed E-state index contributed by atoms with van der Waals surface area (Å²) in [5.74, 6) is 0.597. The second-order valence-electron chi connectivity index (χ2n) is 8.67. The van der Waals surface area contributed by atoms with Crippen molar-refractivity contribution in [2.45, 2.75) is 66.9 Å². The molecule has 1 aliphatic carbocycles. The summed E-state index contributed by atoms with van der Waals surface area (Å²) in [6, 6.07) is 0. The Morgan fingerprint density at radius 2 is 1.59 bits per heavy atom. The summed E-state index contributed by atoms with van der Waals surface area (Å²) in [6.07, 6.45) is 1.38. The first-order valence-electron chi connectivity index (χ1n) is 8.51. The molecule has 0 unspecified atom stereocenters. The summed E-state index contributed by atoms with van der Waals surface area (Å²) in [6.45, 7) is 15.9. The van der Waals surface area contributed by atoms with E-state index in [0.717, 1.165) is 6.42 Å². The van der Waals surface area contributed by atoms with E-state index in [1.165, 1.54) is 0 Å². The summed E-state index contributed by atoms with van der Waals surface area (Å²) < 4.78 is 5.74. The predicted molar refractivity (Wildman–Crippen MR) is 86.2 cm³/mol. The number of amides is 1. The van der Waals surface area contributed by atoms with Crippen molar-refractivity contribution in [2.24, 2.45) is 22.7 Å². The van der Waals surface area contributed by atoms with E-state index in [0.29, 0.717) is 31.3 Å². The molecule has 0 radical (unpaired) electrons. The third-order valence-corrected chi connectivity index (χ3v) is 5.89. The van der Waals surface area contributed by atoms with Gasteiger partial charge in [0.1, 0.15) is 0 Å². The van der Waals surface area contributed by atoms with E-state index in [2.05, 4.69) is 27.7 Å². The fourth-order valence-corrected chi connectivity index (χ4v) is 4.10. The highest BCUT2D eigenvalue weighted by Gasteiger charge is 2.76. The fourth-order valence-electron chi connectivity index (χ4n) is 4.10. The number of rotatable bonds is 5. The van der Waals surface area contributed by atoms with Crippen LogP contribution in [0, 0.1) is 22.7 Å². The van der Waals surface area contributed by atoms with Gasteiger partial charge in [-0.3, -0.25) is 9.59 Å². The minimum absolute atomic E-state index is 0.00877. The summed E-state index contributed by atoms with van der Waals surface area (Å²) in [5, 5.41) is 0. The zero-order valence-electron chi connectivity index (χ0n) is 15.2. The van der Waals surface area contributed by atoms with Crippen LogP contribution in [-0.2, 0) is 14.3 Å². The molecule has 2 aliphatic rings. The molecule has 2 atom stereocenters. The second-order valence-corrected chi connectivity index (χ2v) is 8.67. The highest BCUT2D eigenvalue weighted by atomic mass is 16.6. The fraction of sp³-hybridized carbons (Fsp3) is 0.889. The van der Waals surface area contributed by atoms with Gasteiger partial charge in [0.2, 0.25) is 0 Å². The number of fused-ring (bicyclic) bond motifs is 2. The Balaban J connectivity index is 2.36. The van der Waals surface area contributed by atoms with E-state index in [1.807, 2.05) is 25.7 Å². The maximum atomic E-state index is 13.3. The summed E-state index contributed by atoms with van der Waals surface area (Å²) in [5.41, 5.74) is -1.97. The minimum atomic E-state index is -0.970. The third kappa shape index (κ3) is 2.17. The molecule has 2 fully saturated rings. The molecular weight excluding hydrogens is 278 g/mol. The molecule has 0 N–H and O–H groups in total. The number of ether oxygens (including phenoxy) is 1. The molecule has 126 valence electrons. The Morgan fingerprint density at radius 3 is 1.91 bits per heavy atom. The lowest BCUT2D eigenvalue weighted by Crippen LogP contribution is -2.56. The number of nitrogens with zero attached hydrogens (tertiary/aromatic N) is 1. The van der Waals surface area contributed by atoms with E-state index >= 15 is 0 Å². The van der Waals surface area contributed by atoms with Gasteiger partial charge in [0.25, 0.3) is 5.91 Å². The Morgan fingerprint density at radius 1 is 1.09 bits per heavy atom. The van der Waals surface area contributed by atoms with Crippen molar-refractivity contribution in [2.75, 3.05) is 13.1 Å². The topological polar surface area (TPSA) is 46.6 Å². The van der Waals surface area contributed by atoms with Crippen LogP contribution in [0.1, 0.15) is 61.3 Å². The highest BCUT2D eigenvalue weighted by Crippen LogP contribution is 2.65. The first-order chi connectivity index (χ1) is 9.98. The highest BCUT2D eigenvalue weighted by molar-refractivity contribution is 5.96. The van der Waals surface area contributed by atoms with Gasteiger partial charge in [-0.1, -0.05) is 41.5 Å². The Bertz CT molecular complexity index is 473. The first-order valence-corrected chi connectivity index (χ1v) is 8.51. The van der Waals surface area contributed by atoms with E-state index in [9.17, 15) is 9.59 Å². The molecule has 4 nitrogen and oxygen atoms in total. The van der Waals surface area contributed by atoms with E-state index < -0.39 is 16.4 Å². The first kappa shape index (κ1) is 17.3. The van der Waals surface area contributed by atoms with Crippen LogP contribution >= 0.6 is 0 Å². The van der Waals surface area contributed by atoms with E-state index in [-0.39, 0.29) is 11.9 Å². The number of hydrogen-bond acceptors (Lipinski definition) is 3. The molecule has 0 aromatic heterocycles. The number of carbonyl (C=O) groups excluding carboxylic acids is 2. The molecular formula is C18H31NO3. The molecule has 22 heavy (non-hydrogen) atoms. The molecule has 2 bridgehead atoms. The van der Waals surface area contributed by atoms with Crippen LogP contribution in [0.25, 0.3) is 0 Å². The van der Waals surface area contributed by atoms with Gasteiger partial charge < -0.3 is 9.64 Å². The number of hydrogen-bond donors (Lipinski definition) is 0. The standard InChI is InChI=1S/C18H31NO3/c1-12(2)10-19(11-13(3)4)14(20)18-9-8-17(7,15(21)22-18)16(18,5)6/h12-13H,8-11H2,1-7H3/t17-,18-/m0/s1. The Hall–Kier alpha value is -1.06. The van der Waals surface area contributed by atoms with Crippen molar-refractivity contribution in [1.29, 1.82) is 0 Å². The molecule has 0 aromatic rings. The molecule has 4 heteroatoms. The molecule has 1 amide bonds. The molecule has 1 saturated carbocycles. The molecule has 1 saturated heterocycles. The lowest BCUT2D eigenvalue weighted by Gasteiger charge is -2.40. The van der Waals surface area contributed by atoms with Crippen molar-refractivity contribution >= 4 is 11.9 Å². The Labute approximate surface area is 134 Å². The maximum absolute atomic E-state index is 13.3. The van der Waals surface area contributed by atoms with Crippen LogP contribution in [0.5, 0.6) is 0 Å². The summed E-state index contributed by atoms with van der Waals surface area (Å²) in [7, 11) is 0. The maximum Gasteiger partial charge on any atom is 0.313 e. The summed E-state index contributed by atoms with van der Waals surface area (Å²) >= 11 is 0. The number of esters is 1. The lowest BCUT2D eigenvalue weighted by molar-refractivity contribution is -0.174. The predicted octanol–water partition coefficient (Wildman–Crippen LogP) is 3.25. The van der Waals surface area contributed by atoms with Gasteiger partial charge in [-0.15, -0.1) is 0 Å². The van der Waals surface area contributed by atoms with Crippen LogP contribution < -0.4 is 0 Å². The molecule has 2 rings (SSSR count). The van der Waals surface area contributed by atoms with Crippen LogP contribution in [0.4, 0.5) is 0 Å². The normalized spacial score (nSPS) is 32.7. The van der Waals surface area contributed by atoms with Crippen LogP contribution in [0.2, 0.25) is 0 Å². The van der Waals surface area contributed by atoms with Crippen molar-refractivity contribution in [3.8, 4) is 0 Å². The quantitative estimate of drug-likeness (QED) is 0.732. The lowest BCUT2D eigenvalue weighted by atomic mass is 9.66. The van der Waals surface area contributed by atoms with E-state index in [1.54, 1.807) is 0 Å².